The Kier molecular flexibility index (Phi) is 3.16. The number of β-amino-alcohol motifs (C(OH)–C–C–N with tert-alkyl or cyclic N) is 1. The van der Waals surface area contributed by atoms with Gasteiger partial charge in [0.25, 0.3) is 0 Å². The van der Waals surface area contributed by atoms with Gasteiger partial charge in [0, 0.05) is 26.1 Å². The van der Waals surface area contributed by atoms with Crippen molar-refractivity contribution in [1.82, 2.24) is 4.90 Å². The van der Waals surface area contributed by atoms with Gasteiger partial charge in [0.05, 0.1) is 6.10 Å². The number of benzene rings is 1. The highest BCUT2D eigenvalue weighted by Gasteiger charge is 2.27. The minimum Gasteiger partial charge on any atom is -0.454 e. The van der Waals surface area contributed by atoms with Crippen molar-refractivity contribution in [2.24, 2.45) is 0 Å². The lowest BCUT2D eigenvalue weighted by Gasteiger charge is -2.32. The van der Waals surface area contributed by atoms with Crippen LogP contribution in [0.4, 0.5) is 0 Å². The molecule has 0 bridgehead atoms. The fourth-order valence-corrected chi connectivity index (χ4v) is 2.58. The fraction of sp³-hybridized carbons (Fsp3) is 0.500. The highest BCUT2D eigenvalue weighted by molar-refractivity contribution is 5.75. The van der Waals surface area contributed by atoms with Gasteiger partial charge in [-0.1, -0.05) is 0 Å². The monoisotopic (exact) mass is 263 g/mol. The molecule has 19 heavy (non-hydrogen) atoms. The van der Waals surface area contributed by atoms with Crippen LogP contribution in [0.5, 0.6) is 11.5 Å². The van der Waals surface area contributed by atoms with Crippen molar-refractivity contribution in [3.8, 4) is 11.5 Å². The van der Waals surface area contributed by atoms with Crippen LogP contribution in [0.25, 0.3) is 0 Å². The van der Waals surface area contributed by atoms with Gasteiger partial charge in [-0.15, -0.1) is 0 Å². The van der Waals surface area contributed by atoms with Gasteiger partial charge in [-0.3, -0.25) is 9.69 Å². The van der Waals surface area contributed by atoms with Crippen molar-refractivity contribution in [2.75, 3.05) is 19.9 Å². The van der Waals surface area contributed by atoms with Gasteiger partial charge in [-0.05, 0) is 30.2 Å². The Morgan fingerprint density at radius 2 is 2.16 bits per heavy atom. The Morgan fingerprint density at radius 3 is 2.89 bits per heavy atom. The van der Waals surface area contributed by atoms with Crippen LogP contribution >= 0.6 is 0 Å². The Morgan fingerprint density at radius 1 is 1.42 bits per heavy atom. The molecule has 102 valence electrons. The van der Waals surface area contributed by atoms with Crippen LogP contribution in [0.1, 0.15) is 30.6 Å². The van der Waals surface area contributed by atoms with Crippen molar-refractivity contribution in [1.29, 1.82) is 0 Å². The highest BCUT2D eigenvalue weighted by atomic mass is 16.7. The molecule has 5 heteroatoms. The van der Waals surface area contributed by atoms with Crippen LogP contribution in [-0.4, -0.2) is 35.7 Å². The molecular formula is C14H17NO4. The number of carbonyl (C=O) groups excluding carboxylic acids is 1. The Balaban J connectivity index is 1.81. The zero-order valence-corrected chi connectivity index (χ0v) is 10.9. The summed E-state index contributed by atoms with van der Waals surface area (Å²) in [5, 5.41) is 10.2. The maximum atomic E-state index is 11.0. The van der Waals surface area contributed by atoms with E-state index in [9.17, 15) is 9.90 Å². The normalized spacial score (nSPS) is 21.3. The molecule has 0 aliphatic carbocycles. The molecule has 1 atom stereocenters. The van der Waals surface area contributed by atoms with Crippen LogP contribution < -0.4 is 9.47 Å². The Hall–Kier alpha value is -1.59. The van der Waals surface area contributed by atoms with Crippen LogP contribution in [0, 0.1) is 0 Å². The van der Waals surface area contributed by atoms with Crippen molar-refractivity contribution in [2.45, 2.75) is 26.0 Å². The SMILES string of the molecule is CC(=O)CCN1Cc2cc3c(cc2C(O)C1)OCO3. The third kappa shape index (κ3) is 2.43. The summed E-state index contributed by atoms with van der Waals surface area (Å²) in [5.74, 6) is 1.61. The number of hydrogen-bond donors (Lipinski definition) is 1. The predicted molar refractivity (Wildman–Crippen MR) is 68.1 cm³/mol. The summed E-state index contributed by atoms with van der Waals surface area (Å²) in [6.45, 7) is 3.80. The quantitative estimate of drug-likeness (QED) is 0.889. The van der Waals surface area contributed by atoms with Crippen LogP contribution in [0.15, 0.2) is 12.1 Å². The maximum absolute atomic E-state index is 11.0. The molecule has 0 amide bonds. The number of aliphatic hydroxyl groups is 1. The number of rotatable bonds is 3. The number of ketones is 1. The molecule has 0 saturated carbocycles. The molecule has 0 saturated heterocycles. The van der Waals surface area contributed by atoms with E-state index in [0.29, 0.717) is 25.3 Å². The summed E-state index contributed by atoms with van der Waals surface area (Å²) in [6, 6.07) is 3.80. The lowest BCUT2D eigenvalue weighted by atomic mass is 9.96. The van der Waals surface area contributed by atoms with Gasteiger partial charge in [0.15, 0.2) is 11.5 Å². The van der Waals surface area contributed by atoms with Crippen LogP contribution in [-0.2, 0) is 11.3 Å². The van der Waals surface area contributed by atoms with E-state index in [0.717, 1.165) is 23.4 Å². The zero-order chi connectivity index (χ0) is 13.4. The third-order valence-electron chi connectivity index (χ3n) is 3.60. The molecule has 2 heterocycles. The largest absolute Gasteiger partial charge is 0.454 e. The van der Waals surface area contributed by atoms with Crippen molar-refractivity contribution in [3.63, 3.8) is 0 Å². The molecule has 1 N–H and O–H groups in total. The number of Topliss-reactive ketones (excluding diaryl/α,β-unsaturated/α-hetero) is 1. The van der Waals surface area contributed by atoms with Crippen LogP contribution in [0.3, 0.4) is 0 Å². The lowest BCUT2D eigenvalue weighted by molar-refractivity contribution is -0.117. The molecule has 0 spiro atoms. The second-order valence-corrected chi connectivity index (χ2v) is 5.11. The molecule has 0 aromatic heterocycles. The van der Waals surface area contributed by atoms with Gasteiger partial charge in [0.2, 0.25) is 6.79 Å². The topological polar surface area (TPSA) is 59.0 Å². The smallest absolute Gasteiger partial charge is 0.231 e. The first-order chi connectivity index (χ1) is 9.13. The molecule has 0 fully saturated rings. The molecular weight excluding hydrogens is 246 g/mol. The third-order valence-corrected chi connectivity index (χ3v) is 3.60. The molecule has 2 aliphatic heterocycles. The average Bonchev–Trinajstić information content (AvgIpc) is 2.81. The first-order valence-corrected chi connectivity index (χ1v) is 6.46. The zero-order valence-electron chi connectivity index (χ0n) is 10.9. The van der Waals surface area contributed by atoms with Gasteiger partial charge in [-0.25, -0.2) is 0 Å². The predicted octanol–water partition coefficient (Wildman–Crippen LogP) is 1.24. The first-order valence-electron chi connectivity index (χ1n) is 6.46. The first kappa shape index (κ1) is 12.4. The molecule has 2 aliphatic rings. The summed E-state index contributed by atoms with van der Waals surface area (Å²) in [5.41, 5.74) is 1.95. The highest BCUT2D eigenvalue weighted by Crippen LogP contribution is 2.39. The van der Waals surface area contributed by atoms with E-state index in [1.807, 2.05) is 12.1 Å². The number of fused-ring (bicyclic) bond motifs is 2. The van der Waals surface area contributed by atoms with Gasteiger partial charge >= 0.3 is 0 Å². The minimum absolute atomic E-state index is 0.172. The maximum Gasteiger partial charge on any atom is 0.231 e. The number of ether oxygens (including phenoxy) is 2. The molecule has 1 unspecified atom stereocenters. The standard InChI is InChI=1S/C14H17NO4/c1-9(16)2-3-15-6-10-4-13-14(19-8-18-13)5-11(10)12(17)7-15/h4-5,12,17H,2-3,6-8H2,1H3. The van der Waals surface area contributed by atoms with E-state index in [1.54, 1.807) is 6.92 Å². The van der Waals surface area contributed by atoms with Crippen molar-refractivity contribution in [3.05, 3.63) is 23.3 Å². The van der Waals surface area contributed by atoms with Gasteiger partial charge < -0.3 is 14.6 Å². The molecule has 0 radical (unpaired) electrons. The van der Waals surface area contributed by atoms with Gasteiger partial charge in [0.1, 0.15) is 5.78 Å². The van der Waals surface area contributed by atoms with E-state index in [1.165, 1.54) is 0 Å². The number of hydrogen-bond acceptors (Lipinski definition) is 5. The molecule has 5 nitrogen and oxygen atoms in total. The molecule has 3 rings (SSSR count). The van der Waals surface area contributed by atoms with E-state index in [-0.39, 0.29) is 12.6 Å². The van der Waals surface area contributed by atoms with E-state index in [4.69, 9.17) is 9.47 Å². The number of nitrogens with zero attached hydrogens (tertiary/aromatic N) is 1. The minimum atomic E-state index is -0.537. The van der Waals surface area contributed by atoms with E-state index >= 15 is 0 Å². The summed E-state index contributed by atoms with van der Waals surface area (Å²) >= 11 is 0. The fourth-order valence-electron chi connectivity index (χ4n) is 2.58. The summed E-state index contributed by atoms with van der Waals surface area (Å²) in [6.07, 6.45) is -0.0164. The Bertz CT molecular complexity index is 514. The second-order valence-electron chi connectivity index (χ2n) is 5.11. The van der Waals surface area contributed by atoms with E-state index in [2.05, 4.69) is 4.90 Å². The lowest BCUT2D eigenvalue weighted by Crippen LogP contribution is -2.34. The summed E-state index contributed by atoms with van der Waals surface area (Å²) in [4.78, 5) is 13.1. The average molecular weight is 263 g/mol. The molecule has 1 aromatic carbocycles. The summed E-state index contributed by atoms with van der Waals surface area (Å²) in [7, 11) is 0. The van der Waals surface area contributed by atoms with E-state index < -0.39 is 6.10 Å². The van der Waals surface area contributed by atoms with Crippen molar-refractivity contribution >= 4 is 5.78 Å². The number of carbonyl (C=O) groups is 1. The molecule has 1 aromatic rings. The second kappa shape index (κ2) is 4.83. The van der Waals surface area contributed by atoms with Gasteiger partial charge in [-0.2, -0.15) is 0 Å². The summed E-state index contributed by atoms with van der Waals surface area (Å²) < 4.78 is 10.7. The number of aliphatic hydroxyl groups excluding tert-OH is 1. The Labute approximate surface area is 111 Å². The van der Waals surface area contributed by atoms with Crippen LogP contribution in [0.2, 0.25) is 0 Å². The van der Waals surface area contributed by atoms with Crippen molar-refractivity contribution < 1.29 is 19.4 Å².